The topological polar surface area (TPSA) is 64.0 Å². The highest BCUT2D eigenvalue weighted by atomic mass is 19.4. The minimum atomic E-state index is -4.49. The van der Waals surface area contributed by atoms with Crippen LogP contribution in [0.5, 0.6) is 5.75 Å². The van der Waals surface area contributed by atoms with Gasteiger partial charge in [-0.05, 0) is 29.8 Å². The summed E-state index contributed by atoms with van der Waals surface area (Å²) < 4.78 is 43.0. The highest BCUT2D eigenvalue weighted by Gasteiger charge is 2.43. The van der Waals surface area contributed by atoms with Gasteiger partial charge in [-0.25, -0.2) is 0 Å². The number of aromatic nitrogens is 1. The molecule has 2 aliphatic heterocycles. The largest absolute Gasteiger partial charge is 0.497 e. The standard InChI is InChI=1S/C23H22F3N3O3/c1-31-18-4-2-3-17(13-18)19-14-22(32-28-19)9-11-29(12-10-22)21(30)8-6-16-5-7-20(27-15-16)23(24,25)26/h2-8,13,15H,9-12,14H2,1H3/b8-6+. The number of benzene rings is 1. The molecule has 2 aromatic rings. The fourth-order valence-electron chi connectivity index (χ4n) is 3.83. The number of pyridine rings is 1. The molecule has 1 spiro atoms. The van der Waals surface area contributed by atoms with Crippen molar-refractivity contribution in [1.29, 1.82) is 0 Å². The molecule has 1 amide bonds. The van der Waals surface area contributed by atoms with Crippen LogP contribution in [-0.2, 0) is 15.8 Å². The highest BCUT2D eigenvalue weighted by Crippen LogP contribution is 2.36. The average Bonchev–Trinajstić information content (AvgIpc) is 3.21. The third kappa shape index (κ3) is 4.76. The number of oxime groups is 1. The smallest absolute Gasteiger partial charge is 0.433 e. The van der Waals surface area contributed by atoms with Crippen LogP contribution in [0.3, 0.4) is 0 Å². The van der Waals surface area contributed by atoms with E-state index in [-0.39, 0.29) is 5.91 Å². The molecule has 1 aromatic heterocycles. The predicted molar refractivity (Wildman–Crippen MR) is 112 cm³/mol. The number of halogens is 3. The highest BCUT2D eigenvalue weighted by molar-refractivity contribution is 6.02. The van der Waals surface area contributed by atoms with E-state index in [0.717, 1.165) is 29.3 Å². The molecule has 1 aromatic carbocycles. The number of rotatable bonds is 4. The zero-order chi connectivity index (χ0) is 22.8. The number of carbonyl (C=O) groups is 1. The lowest BCUT2D eigenvalue weighted by molar-refractivity contribution is -0.141. The van der Waals surface area contributed by atoms with Crippen molar-refractivity contribution in [2.75, 3.05) is 20.2 Å². The van der Waals surface area contributed by atoms with Crippen molar-refractivity contribution in [2.24, 2.45) is 5.16 Å². The van der Waals surface area contributed by atoms with Gasteiger partial charge in [-0.3, -0.25) is 9.78 Å². The van der Waals surface area contributed by atoms with Gasteiger partial charge in [0.2, 0.25) is 5.91 Å². The maximum Gasteiger partial charge on any atom is 0.433 e. The van der Waals surface area contributed by atoms with Crippen molar-refractivity contribution in [2.45, 2.75) is 31.0 Å². The number of hydrogen-bond acceptors (Lipinski definition) is 5. The van der Waals surface area contributed by atoms with Crippen LogP contribution in [0.4, 0.5) is 13.2 Å². The lowest BCUT2D eigenvalue weighted by atomic mass is 9.85. The maximum absolute atomic E-state index is 12.6. The van der Waals surface area contributed by atoms with Crippen molar-refractivity contribution in [3.63, 3.8) is 0 Å². The van der Waals surface area contributed by atoms with Crippen molar-refractivity contribution in [3.8, 4) is 5.75 Å². The maximum atomic E-state index is 12.6. The Morgan fingerprint density at radius 1 is 1.22 bits per heavy atom. The molecule has 168 valence electrons. The Labute approximate surface area is 183 Å². The third-order valence-electron chi connectivity index (χ3n) is 5.72. The van der Waals surface area contributed by atoms with Crippen LogP contribution in [0.1, 0.15) is 36.1 Å². The molecule has 3 heterocycles. The Bertz CT molecular complexity index is 1040. The van der Waals surface area contributed by atoms with Crippen LogP contribution in [0.25, 0.3) is 6.08 Å². The molecular formula is C23H22F3N3O3. The molecule has 6 nitrogen and oxygen atoms in total. The van der Waals surface area contributed by atoms with Crippen LogP contribution in [0, 0.1) is 0 Å². The summed E-state index contributed by atoms with van der Waals surface area (Å²) in [5.41, 5.74) is 0.854. The third-order valence-corrected chi connectivity index (χ3v) is 5.72. The fraction of sp³-hybridized carbons (Fsp3) is 0.348. The van der Waals surface area contributed by atoms with Crippen LogP contribution < -0.4 is 4.74 Å². The van der Waals surface area contributed by atoms with Gasteiger partial charge >= 0.3 is 6.18 Å². The van der Waals surface area contributed by atoms with Gasteiger partial charge < -0.3 is 14.5 Å². The van der Waals surface area contributed by atoms with Crippen molar-refractivity contribution in [3.05, 3.63) is 65.5 Å². The molecule has 0 radical (unpaired) electrons. The van der Waals surface area contributed by atoms with Gasteiger partial charge in [0.15, 0.2) is 0 Å². The Hall–Kier alpha value is -3.36. The summed E-state index contributed by atoms with van der Waals surface area (Å²) in [6, 6.07) is 9.83. The van der Waals surface area contributed by atoms with E-state index < -0.39 is 17.5 Å². The number of methoxy groups -OCH3 is 1. The van der Waals surface area contributed by atoms with Crippen LogP contribution in [0.15, 0.2) is 53.8 Å². The zero-order valence-electron chi connectivity index (χ0n) is 17.4. The molecule has 1 fully saturated rings. The van der Waals surface area contributed by atoms with Crippen LogP contribution in [-0.4, -0.2) is 47.3 Å². The predicted octanol–water partition coefficient (Wildman–Crippen LogP) is 4.31. The lowest BCUT2D eigenvalue weighted by Gasteiger charge is -2.36. The lowest BCUT2D eigenvalue weighted by Crippen LogP contribution is -2.46. The first-order valence-corrected chi connectivity index (χ1v) is 10.2. The Morgan fingerprint density at radius 3 is 2.66 bits per heavy atom. The first-order chi connectivity index (χ1) is 15.3. The minimum absolute atomic E-state index is 0.202. The molecular weight excluding hydrogens is 423 g/mol. The monoisotopic (exact) mass is 445 g/mol. The second kappa shape index (κ2) is 8.64. The summed E-state index contributed by atoms with van der Waals surface area (Å²) in [4.78, 5) is 23.4. The second-order valence-corrected chi connectivity index (χ2v) is 7.85. The van der Waals surface area contributed by atoms with Crippen LogP contribution in [0.2, 0.25) is 0 Å². The molecule has 4 rings (SSSR count). The Morgan fingerprint density at radius 2 is 2.00 bits per heavy atom. The quantitative estimate of drug-likeness (QED) is 0.658. The van der Waals surface area contributed by atoms with Gasteiger partial charge in [-0.2, -0.15) is 13.2 Å². The SMILES string of the molecule is COc1cccc(C2=NOC3(CCN(C(=O)/C=C/c4ccc(C(F)(F)F)nc4)CC3)C2)c1. The first-order valence-electron chi connectivity index (χ1n) is 10.2. The number of piperidine rings is 1. The molecule has 0 bridgehead atoms. The van der Waals surface area contributed by atoms with E-state index in [1.54, 1.807) is 12.0 Å². The summed E-state index contributed by atoms with van der Waals surface area (Å²) >= 11 is 0. The summed E-state index contributed by atoms with van der Waals surface area (Å²) in [5, 5.41) is 4.29. The van der Waals surface area contributed by atoms with Gasteiger partial charge in [-0.1, -0.05) is 23.4 Å². The normalized spacial score (nSPS) is 18.0. The molecule has 0 atom stereocenters. The second-order valence-electron chi connectivity index (χ2n) is 7.85. The van der Waals surface area contributed by atoms with E-state index in [0.29, 0.717) is 37.9 Å². The van der Waals surface area contributed by atoms with Crippen molar-refractivity contribution in [1.82, 2.24) is 9.88 Å². The number of likely N-dealkylation sites (tertiary alicyclic amines) is 1. The number of nitrogens with zero attached hydrogens (tertiary/aromatic N) is 3. The molecule has 0 aliphatic carbocycles. The number of ether oxygens (including phenoxy) is 1. The molecule has 0 unspecified atom stereocenters. The van der Waals surface area contributed by atoms with Gasteiger partial charge in [0, 0.05) is 50.2 Å². The molecule has 0 N–H and O–H groups in total. The van der Waals surface area contributed by atoms with Gasteiger partial charge in [0.1, 0.15) is 17.0 Å². The number of carbonyl (C=O) groups excluding carboxylic acids is 1. The van der Waals surface area contributed by atoms with E-state index in [4.69, 9.17) is 9.57 Å². The number of amides is 1. The fourth-order valence-corrected chi connectivity index (χ4v) is 3.83. The molecule has 0 saturated carbocycles. The Balaban J connectivity index is 1.32. The summed E-state index contributed by atoms with van der Waals surface area (Å²) in [6.45, 7) is 1.02. The number of alkyl halides is 3. The van der Waals surface area contributed by atoms with Gasteiger partial charge in [0.25, 0.3) is 0 Å². The molecule has 9 heteroatoms. The van der Waals surface area contributed by atoms with E-state index in [1.807, 2.05) is 24.3 Å². The summed E-state index contributed by atoms with van der Waals surface area (Å²) in [6.07, 6.45) is 1.39. The molecule has 2 aliphatic rings. The van der Waals surface area contributed by atoms with E-state index >= 15 is 0 Å². The zero-order valence-corrected chi connectivity index (χ0v) is 17.4. The van der Waals surface area contributed by atoms with E-state index in [1.165, 1.54) is 18.2 Å². The van der Waals surface area contributed by atoms with Gasteiger partial charge in [-0.15, -0.1) is 0 Å². The number of hydrogen-bond donors (Lipinski definition) is 0. The molecule has 1 saturated heterocycles. The van der Waals surface area contributed by atoms with Crippen LogP contribution >= 0.6 is 0 Å². The van der Waals surface area contributed by atoms with E-state index in [9.17, 15) is 18.0 Å². The first kappa shape index (κ1) is 21.9. The van der Waals surface area contributed by atoms with Crippen molar-refractivity contribution < 1.29 is 27.5 Å². The average molecular weight is 445 g/mol. The molecule has 32 heavy (non-hydrogen) atoms. The van der Waals surface area contributed by atoms with Crippen molar-refractivity contribution >= 4 is 17.7 Å². The van der Waals surface area contributed by atoms with Gasteiger partial charge in [0.05, 0.1) is 12.8 Å². The Kier molecular flexibility index (Phi) is 5.90. The minimum Gasteiger partial charge on any atom is -0.497 e. The summed E-state index contributed by atoms with van der Waals surface area (Å²) in [5.74, 6) is 0.549. The summed E-state index contributed by atoms with van der Waals surface area (Å²) in [7, 11) is 1.61. The van der Waals surface area contributed by atoms with E-state index in [2.05, 4.69) is 10.1 Å².